The van der Waals surface area contributed by atoms with Gasteiger partial charge < -0.3 is 0 Å². The molecule has 3 nitrogen and oxygen atoms in total. The molecule has 0 saturated carbocycles. The molecule has 1 atom stereocenters. The molecule has 1 unspecified atom stereocenters. The number of alkyl halides is 2. The molecule has 0 spiro atoms. The quantitative estimate of drug-likeness (QED) is 0.729. The molecule has 1 saturated heterocycles. The molecule has 0 bridgehead atoms. The zero-order valence-corrected chi connectivity index (χ0v) is 9.10. The second kappa shape index (κ2) is 4.10. The Morgan fingerprint density at radius 3 is 2.29 bits per heavy atom. The standard InChI is InChI=1S/C8H15F2NO2S/c1-6(2)14(12,13)11-4-3-7(5-11)8(9)10/h6-8H,3-5H2,1-2H3. The molecule has 1 rings (SSSR count). The lowest BCUT2D eigenvalue weighted by molar-refractivity contribution is 0.0845. The molecule has 6 heteroatoms. The van der Waals surface area contributed by atoms with Crippen molar-refractivity contribution >= 4 is 10.0 Å². The van der Waals surface area contributed by atoms with Gasteiger partial charge in [-0.1, -0.05) is 0 Å². The van der Waals surface area contributed by atoms with E-state index in [-0.39, 0.29) is 19.5 Å². The van der Waals surface area contributed by atoms with E-state index in [1.807, 2.05) is 0 Å². The van der Waals surface area contributed by atoms with Gasteiger partial charge in [-0.05, 0) is 20.3 Å². The first-order valence-corrected chi connectivity index (χ1v) is 6.13. The number of halogens is 2. The number of nitrogens with zero attached hydrogens (tertiary/aromatic N) is 1. The lowest BCUT2D eigenvalue weighted by atomic mass is 10.1. The second-order valence-electron chi connectivity index (χ2n) is 3.83. The largest absolute Gasteiger partial charge is 0.242 e. The predicted octanol–water partition coefficient (Wildman–Crippen LogP) is 1.31. The SMILES string of the molecule is CC(C)S(=O)(=O)N1CCC(C(F)F)C1. The number of hydrogen-bond acceptors (Lipinski definition) is 2. The fourth-order valence-corrected chi connectivity index (χ4v) is 2.84. The van der Waals surface area contributed by atoms with E-state index in [4.69, 9.17) is 0 Å². The molecule has 1 aliphatic rings. The van der Waals surface area contributed by atoms with Crippen molar-refractivity contribution in [2.75, 3.05) is 13.1 Å². The van der Waals surface area contributed by atoms with Gasteiger partial charge in [-0.25, -0.2) is 21.5 Å². The summed E-state index contributed by atoms with van der Waals surface area (Å²) in [4.78, 5) is 0. The molecule has 1 fully saturated rings. The van der Waals surface area contributed by atoms with E-state index < -0.39 is 27.6 Å². The van der Waals surface area contributed by atoms with Crippen LogP contribution in [-0.2, 0) is 10.0 Å². The summed E-state index contributed by atoms with van der Waals surface area (Å²) < 4.78 is 48.9. The van der Waals surface area contributed by atoms with E-state index in [9.17, 15) is 17.2 Å². The lowest BCUT2D eigenvalue weighted by Gasteiger charge is -2.18. The summed E-state index contributed by atoms with van der Waals surface area (Å²) in [6.07, 6.45) is -2.15. The molecule has 0 aromatic heterocycles. The van der Waals surface area contributed by atoms with E-state index in [1.165, 1.54) is 4.31 Å². The molecule has 0 aromatic rings. The van der Waals surface area contributed by atoms with E-state index in [2.05, 4.69) is 0 Å². The summed E-state index contributed by atoms with van der Waals surface area (Å²) in [5.41, 5.74) is 0. The van der Waals surface area contributed by atoms with Crippen molar-refractivity contribution in [2.45, 2.75) is 31.9 Å². The van der Waals surface area contributed by atoms with E-state index >= 15 is 0 Å². The molecule has 0 N–H and O–H groups in total. The summed E-state index contributed by atoms with van der Waals surface area (Å²) in [7, 11) is -3.34. The van der Waals surface area contributed by atoms with Crippen molar-refractivity contribution in [3.8, 4) is 0 Å². The van der Waals surface area contributed by atoms with E-state index in [1.54, 1.807) is 13.8 Å². The molecular formula is C8H15F2NO2S. The Morgan fingerprint density at radius 2 is 1.93 bits per heavy atom. The molecule has 84 valence electrons. The van der Waals surface area contributed by atoms with Gasteiger partial charge in [0.1, 0.15) is 0 Å². The van der Waals surface area contributed by atoms with Crippen LogP contribution in [0.3, 0.4) is 0 Å². The summed E-state index contributed by atoms with van der Waals surface area (Å²) in [5.74, 6) is -0.788. The van der Waals surface area contributed by atoms with Crippen LogP contribution >= 0.6 is 0 Å². The first-order valence-electron chi connectivity index (χ1n) is 4.63. The van der Waals surface area contributed by atoms with Crippen molar-refractivity contribution in [3.05, 3.63) is 0 Å². The van der Waals surface area contributed by atoms with Crippen LogP contribution in [0.15, 0.2) is 0 Å². The van der Waals surface area contributed by atoms with Crippen LogP contribution in [-0.4, -0.2) is 37.5 Å². The molecule has 14 heavy (non-hydrogen) atoms. The van der Waals surface area contributed by atoms with Crippen LogP contribution in [0.25, 0.3) is 0 Å². The van der Waals surface area contributed by atoms with E-state index in [0.717, 1.165) is 0 Å². The predicted molar refractivity (Wildman–Crippen MR) is 49.7 cm³/mol. The van der Waals surface area contributed by atoms with Gasteiger partial charge in [0, 0.05) is 19.0 Å². The maximum Gasteiger partial charge on any atom is 0.242 e. The van der Waals surface area contributed by atoms with Gasteiger partial charge >= 0.3 is 0 Å². The van der Waals surface area contributed by atoms with Crippen molar-refractivity contribution < 1.29 is 17.2 Å². The molecule has 1 heterocycles. The average molecular weight is 227 g/mol. The maximum atomic E-state index is 12.3. The smallest absolute Gasteiger partial charge is 0.212 e. The zero-order valence-electron chi connectivity index (χ0n) is 8.28. The summed E-state index contributed by atoms with van der Waals surface area (Å²) in [5, 5.41) is -0.529. The molecule has 0 amide bonds. The Hall–Kier alpha value is -0.230. The topological polar surface area (TPSA) is 37.4 Å². The van der Waals surface area contributed by atoms with Gasteiger partial charge in [0.15, 0.2) is 0 Å². The summed E-state index contributed by atoms with van der Waals surface area (Å²) in [6.45, 7) is 3.32. The summed E-state index contributed by atoms with van der Waals surface area (Å²) in [6, 6.07) is 0. The summed E-state index contributed by atoms with van der Waals surface area (Å²) >= 11 is 0. The Kier molecular flexibility index (Phi) is 3.47. The van der Waals surface area contributed by atoms with Crippen LogP contribution < -0.4 is 0 Å². The zero-order chi connectivity index (χ0) is 10.9. The van der Waals surface area contributed by atoms with Crippen LogP contribution in [0.5, 0.6) is 0 Å². The Labute approximate surface area is 83.1 Å². The highest BCUT2D eigenvalue weighted by Crippen LogP contribution is 2.26. The minimum atomic E-state index is -3.34. The first-order chi connectivity index (χ1) is 6.35. The molecular weight excluding hydrogens is 212 g/mol. The Morgan fingerprint density at radius 1 is 1.36 bits per heavy atom. The van der Waals surface area contributed by atoms with Gasteiger partial charge in [0.05, 0.1) is 5.25 Å². The molecule has 0 aliphatic carbocycles. The fourth-order valence-electron chi connectivity index (χ4n) is 1.49. The Bertz CT molecular complexity index is 290. The number of rotatable bonds is 3. The lowest BCUT2D eigenvalue weighted by Crippen LogP contribution is -2.35. The van der Waals surface area contributed by atoms with Crippen molar-refractivity contribution in [1.29, 1.82) is 0 Å². The molecule has 0 aromatic carbocycles. The normalized spacial score (nSPS) is 25.1. The van der Waals surface area contributed by atoms with Gasteiger partial charge in [0.2, 0.25) is 16.4 Å². The monoisotopic (exact) mass is 227 g/mol. The van der Waals surface area contributed by atoms with Crippen LogP contribution in [0, 0.1) is 5.92 Å². The third kappa shape index (κ3) is 2.23. The molecule has 1 aliphatic heterocycles. The first kappa shape index (κ1) is 11.8. The third-order valence-electron chi connectivity index (χ3n) is 2.50. The van der Waals surface area contributed by atoms with Crippen LogP contribution in [0.1, 0.15) is 20.3 Å². The van der Waals surface area contributed by atoms with Crippen LogP contribution in [0.2, 0.25) is 0 Å². The number of sulfonamides is 1. The Balaban J connectivity index is 2.67. The van der Waals surface area contributed by atoms with Crippen molar-refractivity contribution in [2.24, 2.45) is 5.92 Å². The maximum absolute atomic E-state index is 12.3. The average Bonchev–Trinajstić information content (AvgIpc) is 2.51. The van der Waals surface area contributed by atoms with Crippen molar-refractivity contribution in [1.82, 2.24) is 4.31 Å². The van der Waals surface area contributed by atoms with Gasteiger partial charge in [-0.3, -0.25) is 0 Å². The fraction of sp³-hybridized carbons (Fsp3) is 1.00. The third-order valence-corrected chi connectivity index (χ3v) is 4.74. The minimum absolute atomic E-state index is 0.0296. The molecule has 0 radical (unpaired) electrons. The van der Waals surface area contributed by atoms with Gasteiger partial charge in [0.25, 0.3) is 0 Å². The van der Waals surface area contributed by atoms with Crippen LogP contribution in [0.4, 0.5) is 8.78 Å². The van der Waals surface area contributed by atoms with Gasteiger partial charge in [-0.2, -0.15) is 0 Å². The van der Waals surface area contributed by atoms with Crippen molar-refractivity contribution in [3.63, 3.8) is 0 Å². The minimum Gasteiger partial charge on any atom is -0.212 e. The second-order valence-corrected chi connectivity index (χ2v) is 6.32. The van der Waals surface area contributed by atoms with Gasteiger partial charge in [-0.15, -0.1) is 0 Å². The van der Waals surface area contributed by atoms with E-state index in [0.29, 0.717) is 0 Å². The highest BCUT2D eigenvalue weighted by molar-refractivity contribution is 7.89. The highest BCUT2D eigenvalue weighted by Gasteiger charge is 2.36. The number of hydrogen-bond donors (Lipinski definition) is 0. The highest BCUT2D eigenvalue weighted by atomic mass is 32.2.